The predicted octanol–water partition coefficient (Wildman–Crippen LogP) is 2.33. The van der Waals surface area contributed by atoms with E-state index in [1.54, 1.807) is 4.90 Å². The van der Waals surface area contributed by atoms with Gasteiger partial charge < -0.3 is 10.0 Å². The van der Waals surface area contributed by atoms with E-state index in [1.807, 2.05) is 20.8 Å². The molecular formula is C13H19N3O3S. The number of urea groups is 1. The molecule has 110 valence electrons. The number of piperidine rings is 1. The van der Waals surface area contributed by atoms with Crippen LogP contribution in [0.3, 0.4) is 0 Å². The fraction of sp³-hybridized carbons (Fsp3) is 0.615. The van der Waals surface area contributed by atoms with Gasteiger partial charge in [0.25, 0.3) is 0 Å². The van der Waals surface area contributed by atoms with Crippen molar-refractivity contribution >= 4 is 28.5 Å². The van der Waals surface area contributed by atoms with Crippen molar-refractivity contribution in [3.8, 4) is 0 Å². The van der Waals surface area contributed by atoms with Gasteiger partial charge in [-0.25, -0.2) is 9.78 Å². The molecule has 2 N–H and O–H groups in total. The summed E-state index contributed by atoms with van der Waals surface area (Å²) in [5.41, 5.74) is 0.903. The van der Waals surface area contributed by atoms with Crippen LogP contribution in [-0.4, -0.2) is 40.1 Å². The number of carboxylic acids is 1. The van der Waals surface area contributed by atoms with E-state index in [1.165, 1.54) is 11.3 Å². The summed E-state index contributed by atoms with van der Waals surface area (Å²) >= 11 is 1.43. The molecule has 0 spiro atoms. The van der Waals surface area contributed by atoms with Gasteiger partial charge in [-0.05, 0) is 26.2 Å². The van der Waals surface area contributed by atoms with Crippen molar-refractivity contribution < 1.29 is 14.7 Å². The number of hydrogen-bond donors (Lipinski definition) is 2. The zero-order valence-corrected chi connectivity index (χ0v) is 12.7. The molecule has 6 nitrogen and oxygen atoms in total. The van der Waals surface area contributed by atoms with Crippen molar-refractivity contribution in [1.29, 1.82) is 0 Å². The normalized spacial score (nSPS) is 22.6. The molecule has 1 aromatic heterocycles. The number of carbonyl (C=O) groups excluding carboxylic acids is 1. The number of amides is 2. The van der Waals surface area contributed by atoms with Gasteiger partial charge >= 0.3 is 12.0 Å². The Morgan fingerprint density at radius 1 is 1.40 bits per heavy atom. The number of thiazole rings is 1. The zero-order chi connectivity index (χ0) is 14.9. The van der Waals surface area contributed by atoms with Crippen LogP contribution in [0.1, 0.15) is 23.9 Å². The highest BCUT2D eigenvalue weighted by Crippen LogP contribution is 2.24. The van der Waals surface area contributed by atoms with Crippen molar-refractivity contribution in [2.24, 2.45) is 11.8 Å². The molecule has 20 heavy (non-hydrogen) atoms. The summed E-state index contributed by atoms with van der Waals surface area (Å²) in [6.45, 7) is 6.65. The molecule has 1 saturated heterocycles. The fourth-order valence-electron chi connectivity index (χ4n) is 2.39. The lowest BCUT2D eigenvalue weighted by Gasteiger charge is -2.34. The number of carboxylic acid groups (broad SMARTS) is 1. The van der Waals surface area contributed by atoms with Crippen LogP contribution in [-0.2, 0) is 4.79 Å². The third kappa shape index (κ3) is 3.27. The molecule has 2 unspecified atom stereocenters. The molecule has 1 aliphatic heterocycles. The van der Waals surface area contributed by atoms with Crippen LogP contribution in [0.2, 0.25) is 0 Å². The quantitative estimate of drug-likeness (QED) is 0.877. The number of hydrogen-bond acceptors (Lipinski definition) is 4. The Morgan fingerprint density at radius 3 is 2.65 bits per heavy atom. The first-order chi connectivity index (χ1) is 9.36. The van der Waals surface area contributed by atoms with Gasteiger partial charge in [-0.15, -0.1) is 11.3 Å². The lowest BCUT2D eigenvalue weighted by Crippen LogP contribution is -2.47. The van der Waals surface area contributed by atoms with Crippen LogP contribution in [0, 0.1) is 25.7 Å². The molecule has 1 aliphatic rings. The smallest absolute Gasteiger partial charge is 0.323 e. The van der Waals surface area contributed by atoms with E-state index in [4.69, 9.17) is 5.11 Å². The van der Waals surface area contributed by atoms with Crippen LogP contribution in [0.5, 0.6) is 0 Å². The predicted molar refractivity (Wildman–Crippen MR) is 77.1 cm³/mol. The second kappa shape index (κ2) is 5.78. The van der Waals surface area contributed by atoms with Crippen molar-refractivity contribution in [2.45, 2.75) is 27.2 Å². The highest BCUT2D eigenvalue weighted by molar-refractivity contribution is 7.15. The molecule has 2 atom stereocenters. The van der Waals surface area contributed by atoms with E-state index in [2.05, 4.69) is 10.3 Å². The Bertz CT molecular complexity index is 509. The molecule has 0 radical (unpaired) electrons. The summed E-state index contributed by atoms with van der Waals surface area (Å²) in [7, 11) is 0. The molecule has 1 fully saturated rings. The van der Waals surface area contributed by atoms with Crippen molar-refractivity contribution in [3.63, 3.8) is 0 Å². The van der Waals surface area contributed by atoms with Crippen molar-refractivity contribution in [3.05, 3.63) is 10.6 Å². The topological polar surface area (TPSA) is 82.5 Å². The number of nitrogens with one attached hydrogen (secondary N) is 1. The van der Waals surface area contributed by atoms with Crippen LogP contribution in [0.4, 0.5) is 9.93 Å². The monoisotopic (exact) mass is 297 g/mol. The SMILES string of the molecule is Cc1nc(NC(=O)N2CC(C)CC(C(=O)O)C2)sc1C. The molecule has 0 aliphatic carbocycles. The van der Waals surface area contributed by atoms with Gasteiger partial charge in [0.15, 0.2) is 5.13 Å². The Balaban J connectivity index is 2.02. The summed E-state index contributed by atoms with van der Waals surface area (Å²) in [4.78, 5) is 30.2. The first-order valence-corrected chi connectivity index (χ1v) is 7.41. The average Bonchev–Trinajstić information content (AvgIpc) is 2.67. The first-order valence-electron chi connectivity index (χ1n) is 6.59. The average molecular weight is 297 g/mol. The van der Waals surface area contributed by atoms with E-state index < -0.39 is 11.9 Å². The molecule has 1 aromatic rings. The first kappa shape index (κ1) is 14.8. The van der Waals surface area contributed by atoms with Crippen LogP contribution >= 0.6 is 11.3 Å². The van der Waals surface area contributed by atoms with Gasteiger partial charge in [-0.1, -0.05) is 6.92 Å². The molecule has 0 aromatic carbocycles. The van der Waals surface area contributed by atoms with E-state index in [0.717, 1.165) is 10.6 Å². The zero-order valence-electron chi connectivity index (χ0n) is 11.8. The fourth-order valence-corrected chi connectivity index (χ4v) is 3.20. The largest absolute Gasteiger partial charge is 0.481 e. The number of rotatable bonds is 2. The number of nitrogens with zero attached hydrogens (tertiary/aromatic N) is 2. The Hall–Kier alpha value is -1.63. The second-order valence-electron chi connectivity index (χ2n) is 5.37. The Morgan fingerprint density at radius 2 is 2.10 bits per heavy atom. The number of aliphatic carboxylic acids is 1. The standard InChI is InChI=1S/C13H19N3O3S/c1-7-4-10(11(17)18)6-16(5-7)13(19)15-12-14-8(2)9(3)20-12/h7,10H,4-6H2,1-3H3,(H,17,18)(H,14,15,19). The third-order valence-electron chi connectivity index (χ3n) is 3.54. The molecule has 2 heterocycles. The maximum absolute atomic E-state index is 12.2. The summed E-state index contributed by atoms with van der Waals surface area (Å²) in [5, 5.41) is 12.4. The van der Waals surface area contributed by atoms with Gasteiger partial charge in [-0.2, -0.15) is 0 Å². The maximum Gasteiger partial charge on any atom is 0.323 e. The van der Waals surface area contributed by atoms with Crippen LogP contribution in [0.25, 0.3) is 0 Å². The minimum absolute atomic E-state index is 0.190. The minimum atomic E-state index is -0.838. The lowest BCUT2D eigenvalue weighted by atomic mass is 9.91. The van der Waals surface area contributed by atoms with E-state index in [9.17, 15) is 9.59 Å². The number of aromatic nitrogens is 1. The van der Waals surface area contributed by atoms with E-state index in [0.29, 0.717) is 18.1 Å². The maximum atomic E-state index is 12.2. The second-order valence-corrected chi connectivity index (χ2v) is 6.57. The van der Waals surface area contributed by atoms with Gasteiger partial charge in [-0.3, -0.25) is 10.1 Å². The molecule has 0 bridgehead atoms. The molecule has 2 rings (SSSR count). The van der Waals surface area contributed by atoms with Crippen LogP contribution < -0.4 is 5.32 Å². The molecule has 2 amide bonds. The highest BCUT2D eigenvalue weighted by atomic mass is 32.1. The van der Waals surface area contributed by atoms with E-state index >= 15 is 0 Å². The summed E-state index contributed by atoms with van der Waals surface area (Å²) in [6, 6.07) is -0.267. The molecule has 7 heteroatoms. The highest BCUT2D eigenvalue weighted by Gasteiger charge is 2.32. The number of carbonyl (C=O) groups is 2. The van der Waals surface area contributed by atoms with E-state index in [-0.39, 0.29) is 18.5 Å². The summed E-state index contributed by atoms with van der Waals surface area (Å²) < 4.78 is 0. The minimum Gasteiger partial charge on any atom is -0.481 e. The van der Waals surface area contributed by atoms with Gasteiger partial charge in [0, 0.05) is 18.0 Å². The summed E-state index contributed by atoms with van der Waals surface area (Å²) in [6.07, 6.45) is 0.620. The summed E-state index contributed by atoms with van der Waals surface area (Å²) in [5.74, 6) is -1.13. The number of anilines is 1. The van der Waals surface area contributed by atoms with Crippen molar-refractivity contribution in [1.82, 2.24) is 9.88 Å². The Kier molecular flexibility index (Phi) is 4.27. The lowest BCUT2D eigenvalue weighted by molar-refractivity contribution is -0.143. The van der Waals surface area contributed by atoms with Gasteiger partial charge in [0.2, 0.25) is 0 Å². The number of likely N-dealkylation sites (tertiary alicyclic amines) is 1. The van der Waals surface area contributed by atoms with Gasteiger partial charge in [0.05, 0.1) is 11.6 Å². The van der Waals surface area contributed by atoms with Crippen LogP contribution in [0.15, 0.2) is 0 Å². The third-order valence-corrected chi connectivity index (χ3v) is 4.53. The molecular weight excluding hydrogens is 278 g/mol. The van der Waals surface area contributed by atoms with Gasteiger partial charge in [0.1, 0.15) is 0 Å². The molecule has 0 saturated carbocycles. The number of aryl methyl sites for hydroxylation is 2. The Labute approximate surface area is 121 Å². The van der Waals surface area contributed by atoms with Crippen molar-refractivity contribution in [2.75, 3.05) is 18.4 Å².